The molecule has 0 aromatic heterocycles. The van der Waals surface area contributed by atoms with Crippen LogP contribution in [0.1, 0.15) is 95.6 Å². The molecule has 0 saturated heterocycles. The molecule has 0 radical (unpaired) electrons. The Bertz CT molecular complexity index is 1390. The molecule has 0 amide bonds. The maximum absolute atomic E-state index is 15.3. The van der Waals surface area contributed by atoms with Gasteiger partial charge in [-0.15, -0.1) is 0 Å². The molecule has 0 saturated carbocycles. The van der Waals surface area contributed by atoms with Crippen LogP contribution < -0.4 is 0 Å². The second-order valence-corrected chi connectivity index (χ2v) is 11.6. The predicted octanol–water partition coefficient (Wildman–Crippen LogP) is 12.5. The van der Waals surface area contributed by atoms with Crippen molar-refractivity contribution in [3.8, 4) is 33.4 Å². The van der Waals surface area contributed by atoms with Crippen molar-refractivity contribution in [2.75, 3.05) is 0 Å². The molecule has 222 valence electrons. The number of unbranched alkanes of at least 4 members (excludes halogenated alkanes) is 9. The summed E-state index contributed by atoms with van der Waals surface area (Å²) in [6.07, 6.45) is 15.8. The molecule has 4 aromatic carbocycles. The second kappa shape index (κ2) is 16.3. The van der Waals surface area contributed by atoms with Gasteiger partial charge in [-0.05, 0) is 59.6 Å². The molecule has 0 N–H and O–H groups in total. The van der Waals surface area contributed by atoms with Gasteiger partial charge in [0.05, 0.1) is 0 Å². The highest BCUT2D eigenvalue weighted by Crippen LogP contribution is 2.34. The van der Waals surface area contributed by atoms with Gasteiger partial charge in [0.1, 0.15) is 5.82 Å². The quantitative estimate of drug-likeness (QED) is 0.118. The summed E-state index contributed by atoms with van der Waals surface area (Å²) in [5.41, 5.74) is 4.86. The summed E-state index contributed by atoms with van der Waals surface area (Å²) < 4.78 is 45.8. The number of hydrogen-bond donors (Lipinski definition) is 0. The lowest BCUT2D eigenvalue weighted by molar-refractivity contribution is 0.513. The van der Waals surface area contributed by atoms with Crippen molar-refractivity contribution < 1.29 is 13.2 Å². The standard InChI is InChI=1S/C39H45F3/c1-3-5-7-8-9-10-11-13-15-30-18-22-32(23-19-30)34-26-27-36(39(42)38(34)41)35-25-24-33(28-37(35)40)31-20-16-29(17-21-31)14-12-6-4-2/h16-28H,3-15H2,1-2H3. The third-order valence-corrected chi connectivity index (χ3v) is 8.28. The molecule has 0 nitrogen and oxygen atoms in total. The van der Waals surface area contributed by atoms with Crippen molar-refractivity contribution in [3.05, 3.63) is 107 Å². The number of halogens is 3. The van der Waals surface area contributed by atoms with E-state index in [0.29, 0.717) is 11.1 Å². The highest BCUT2D eigenvalue weighted by molar-refractivity contribution is 5.75. The summed E-state index contributed by atoms with van der Waals surface area (Å²) in [5, 5.41) is 0. The Labute approximate surface area is 251 Å². The Kier molecular flexibility index (Phi) is 12.3. The van der Waals surface area contributed by atoms with Gasteiger partial charge >= 0.3 is 0 Å². The normalized spacial score (nSPS) is 11.3. The summed E-state index contributed by atoms with van der Waals surface area (Å²) in [6, 6.07) is 23.6. The minimum absolute atomic E-state index is 0.0543. The van der Waals surface area contributed by atoms with E-state index in [1.54, 1.807) is 12.1 Å². The molecule has 4 aromatic rings. The van der Waals surface area contributed by atoms with E-state index >= 15 is 13.2 Å². The van der Waals surface area contributed by atoms with Crippen LogP contribution in [0.5, 0.6) is 0 Å². The molecule has 0 unspecified atom stereocenters. The van der Waals surface area contributed by atoms with Crippen LogP contribution in [-0.4, -0.2) is 0 Å². The summed E-state index contributed by atoms with van der Waals surface area (Å²) in [6.45, 7) is 4.42. The number of benzene rings is 4. The van der Waals surface area contributed by atoms with Gasteiger partial charge in [0.25, 0.3) is 0 Å². The van der Waals surface area contributed by atoms with Crippen LogP contribution in [-0.2, 0) is 12.8 Å². The molecule has 4 rings (SSSR count). The van der Waals surface area contributed by atoms with Crippen LogP contribution in [0.2, 0.25) is 0 Å². The van der Waals surface area contributed by atoms with Gasteiger partial charge in [-0.25, -0.2) is 13.2 Å². The topological polar surface area (TPSA) is 0 Å². The fourth-order valence-corrected chi connectivity index (χ4v) is 5.65. The van der Waals surface area contributed by atoms with Gasteiger partial charge in [0.15, 0.2) is 11.6 Å². The number of rotatable bonds is 16. The van der Waals surface area contributed by atoms with Gasteiger partial charge in [-0.3, -0.25) is 0 Å². The maximum Gasteiger partial charge on any atom is 0.167 e. The zero-order valence-corrected chi connectivity index (χ0v) is 25.3. The van der Waals surface area contributed by atoms with Crippen molar-refractivity contribution in [1.29, 1.82) is 0 Å². The highest BCUT2D eigenvalue weighted by atomic mass is 19.2. The van der Waals surface area contributed by atoms with Crippen molar-refractivity contribution >= 4 is 0 Å². The van der Waals surface area contributed by atoms with E-state index in [1.165, 1.54) is 87.1 Å². The first-order valence-corrected chi connectivity index (χ1v) is 16.0. The van der Waals surface area contributed by atoms with Gasteiger partial charge < -0.3 is 0 Å². The zero-order valence-electron chi connectivity index (χ0n) is 25.3. The van der Waals surface area contributed by atoms with Crippen LogP contribution in [0.15, 0.2) is 78.9 Å². The third-order valence-electron chi connectivity index (χ3n) is 8.28. The monoisotopic (exact) mass is 570 g/mol. The van der Waals surface area contributed by atoms with Crippen LogP contribution in [0, 0.1) is 17.5 Å². The molecule has 0 aliphatic heterocycles. The molecule has 0 heterocycles. The smallest absolute Gasteiger partial charge is 0.167 e. The predicted molar refractivity (Wildman–Crippen MR) is 172 cm³/mol. The van der Waals surface area contributed by atoms with E-state index in [-0.39, 0.29) is 16.7 Å². The van der Waals surface area contributed by atoms with Gasteiger partial charge in [0, 0.05) is 16.7 Å². The molecule has 0 spiro atoms. The van der Waals surface area contributed by atoms with E-state index in [4.69, 9.17) is 0 Å². The third kappa shape index (κ3) is 8.60. The van der Waals surface area contributed by atoms with Crippen LogP contribution in [0.3, 0.4) is 0 Å². The van der Waals surface area contributed by atoms with Crippen molar-refractivity contribution in [2.45, 2.75) is 97.3 Å². The molecule has 0 fully saturated rings. The summed E-state index contributed by atoms with van der Waals surface area (Å²) in [4.78, 5) is 0. The number of hydrogen-bond acceptors (Lipinski definition) is 0. The first-order chi connectivity index (χ1) is 20.5. The van der Waals surface area contributed by atoms with Crippen LogP contribution in [0.4, 0.5) is 13.2 Å². The molecule has 0 bridgehead atoms. The summed E-state index contributed by atoms with van der Waals surface area (Å²) >= 11 is 0. The Hall–Kier alpha value is -3.33. The molecule has 0 aliphatic rings. The Morgan fingerprint density at radius 2 is 0.833 bits per heavy atom. The number of aryl methyl sites for hydroxylation is 2. The lowest BCUT2D eigenvalue weighted by Crippen LogP contribution is -1.96. The minimum Gasteiger partial charge on any atom is -0.206 e. The van der Waals surface area contributed by atoms with Gasteiger partial charge in [-0.2, -0.15) is 0 Å². The van der Waals surface area contributed by atoms with Gasteiger partial charge in [-0.1, -0.05) is 144 Å². The van der Waals surface area contributed by atoms with E-state index in [2.05, 4.69) is 26.0 Å². The zero-order chi connectivity index (χ0) is 29.7. The van der Waals surface area contributed by atoms with Crippen molar-refractivity contribution in [2.24, 2.45) is 0 Å². The fraction of sp³-hybridized carbons (Fsp3) is 0.385. The highest BCUT2D eigenvalue weighted by Gasteiger charge is 2.18. The van der Waals surface area contributed by atoms with E-state index in [1.807, 2.05) is 36.4 Å². The first kappa shape index (κ1) is 31.6. The lowest BCUT2D eigenvalue weighted by Gasteiger charge is -2.12. The first-order valence-electron chi connectivity index (χ1n) is 16.0. The van der Waals surface area contributed by atoms with Crippen LogP contribution >= 0.6 is 0 Å². The van der Waals surface area contributed by atoms with E-state index < -0.39 is 17.5 Å². The average Bonchev–Trinajstić information content (AvgIpc) is 3.01. The SMILES string of the molecule is CCCCCCCCCCc1ccc(-c2ccc(-c3ccc(-c4ccc(CCCCC)cc4)cc3F)c(F)c2F)cc1. The molecular weight excluding hydrogens is 525 g/mol. The Balaban J connectivity index is 1.39. The molecule has 0 aliphatic carbocycles. The summed E-state index contributed by atoms with van der Waals surface area (Å²) in [5.74, 6) is -2.56. The minimum atomic E-state index is -1.03. The van der Waals surface area contributed by atoms with Crippen molar-refractivity contribution in [1.82, 2.24) is 0 Å². The molecular formula is C39H45F3. The van der Waals surface area contributed by atoms with E-state index in [9.17, 15) is 0 Å². The van der Waals surface area contributed by atoms with E-state index in [0.717, 1.165) is 31.2 Å². The molecule has 42 heavy (non-hydrogen) atoms. The largest absolute Gasteiger partial charge is 0.206 e. The van der Waals surface area contributed by atoms with Gasteiger partial charge in [0.2, 0.25) is 0 Å². The van der Waals surface area contributed by atoms with Crippen LogP contribution in [0.25, 0.3) is 33.4 Å². The fourth-order valence-electron chi connectivity index (χ4n) is 5.65. The molecule has 3 heteroatoms. The summed E-state index contributed by atoms with van der Waals surface area (Å²) in [7, 11) is 0. The van der Waals surface area contributed by atoms with Crippen molar-refractivity contribution in [3.63, 3.8) is 0 Å². The Morgan fingerprint density at radius 3 is 1.43 bits per heavy atom. The average molecular weight is 571 g/mol. The Morgan fingerprint density at radius 1 is 0.405 bits per heavy atom. The maximum atomic E-state index is 15.3. The second-order valence-electron chi connectivity index (χ2n) is 11.6. The lowest BCUT2D eigenvalue weighted by atomic mass is 9.95. The molecule has 0 atom stereocenters.